The van der Waals surface area contributed by atoms with Gasteiger partial charge >= 0.3 is 6.03 Å². The van der Waals surface area contributed by atoms with Crippen LogP contribution in [-0.4, -0.2) is 36.1 Å². The van der Waals surface area contributed by atoms with Gasteiger partial charge in [0.15, 0.2) is 0 Å². The SMILES string of the molecule is COC1(c2ccccc2)CN(C(=O)Nc2cncc(F)c2)C1. The molecule has 0 bridgehead atoms. The van der Waals surface area contributed by atoms with Crippen molar-refractivity contribution in [3.8, 4) is 0 Å². The third-order valence-electron chi connectivity index (χ3n) is 3.83. The molecule has 1 aliphatic heterocycles. The number of nitrogens with zero attached hydrogens (tertiary/aromatic N) is 2. The molecule has 2 amide bonds. The summed E-state index contributed by atoms with van der Waals surface area (Å²) in [4.78, 5) is 17.5. The number of methoxy groups -OCH3 is 1. The number of aromatic nitrogens is 1. The Labute approximate surface area is 127 Å². The number of carbonyl (C=O) groups excluding carboxylic acids is 1. The first-order valence-corrected chi connectivity index (χ1v) is 6.90. The zero-order valence-corrected chi connectivity index (χ0v) is 12.1. The summed E-state index contributed by atoms with van der Waals surface area (Å²) in [7, 11) is 1.64. The highest BCUT2D eigenvalue weighted by Gasteiger charge is 2.47. The first-order valence-electron chi connectivity index (χ1n) is 6.90. The quantitative estimate of drug-likeness (QED) is 0.948. The summed E-state index contributed by atoms with van der Waals surface area (Å²) in [6.07, 6.45) is 2.49. The molecule has 1 N–H and O–H groups in total. The number of hydrogen-bond acceptors (Lipinski definition) is 3. The monoisotopic (exact) mass is 301 g/mol. The van der Waals surface area contributed by atoms with Crippen molar-refractivity contribution < 1.29 is 13.9 Å². The highest BCUT2D eigenvalue weighted by Crippen LogP contribution is 2.35. The fourth-order valence-corrected chi connectivity index (χ4v) is 2.57. The van der Waals surface area contributed by atoms with E-state index in [1.54, 1.807) is 12.0 Å². The highest BCUT2D eigenvalue weighted by molar-refractivity contribution is 5.90. The van der Waals surface area contributed by atoms with Crippen LogP contribution in [0, 0.1) is 5.82 Å². The Bertz CT molecular complexity index is 672. The predicted molar refractivity (Wildman–Crippen MR) is 79.9 cm³/mol. The molecule has 1 saturated heterocycles. The van der Waals surface area contributed by atoms with E-state index >= 15 is 0 Å². The van der Waals surface area contributed by atoms with Gasteiger partial charge in [0.1, 0.15) is 11.4 Å². The maximum absolute atomic E-state index is 13.1. The average molecular weight is 301 g/mol. The lowest BCUT2D eigenvalue weighted by atomic mass is 9.86. The Balaban J connectivity index is 1.66. The fourth-order valence-electron chi connectivity index (χ4n) is 2.57. The van der Waals surface area contributed by atoms with Crippen molar-refractivity contribution in [1.82, 2.24) is 9.88 Å². The first kappa shape index (κ1) is 14.5. The van der Waals surface area contributed by atoms with E-state index in [0.29, 0.717) is 18.8 Å². The number of rotatable bonds is 3. The van der Waals surface area contributed by atoms with Crippen LogP contribution < -0.4 is 5.32 Å². The minimum atomic E-state index is -0.489. The maximum Gasteiger partial charge on any atom is 0.322 e. The van der Waals surface area contributed by atoms with Crippen LogP contribution >= 0.6 is 0 Å². The number of anilines is 1. The largest absolute Gasteiger partial charge is 0.370 e. The molecule has 2 aromatic rings. The van der Waals surface area contributed by atoms with Crippen molar-refractivity contribution in [2.75, 3.05) is 25.5 Å². The van der Waals surface area contributed by atoms with Crippen LogP contribution in [-0.2, 0) is 10.3 Å². The molecule has 3 rings (SSSR count). The van der Waals surface area contributed by atoms with E-state index in [1.165, 1.54) is 12.3 Å². The molecule has 0 aliphatic carbocycles. The molecule has 22 heavy (non-hydrogen) atoms. The molecule has 2 heterocycles. The van der Waals surface area contributed by atoms with Gasteiger partial charge in [0.05, 0.1) is 31.2 Å². The fraction of sp³-hybridized carbons (Fsp3) is 0.250. The highest BCUT2D eigenvalue weighted by atomic mass is 19.1. The van der Waals surface area contributed by atoms with E-state index in [0.717, 1.165) is 11.8 Å². The van der Waals surface area contributed by atoms with Gasteiger partial charge in [-0.05, 0) is 5.56 Å². The Kier molecular flexibility index (Phi) is 3.77. The van der Waals surface area contributed by atoms with Gasteiger partial charge in [0.2, 0.25) is 0 Å². The van der Waals surface area contributed by atoms with Crippen LogP contribution in [0.3, 0.4) is 0 Å². The number of likely N-dealkylation sites (tertiary alicyclic amines) is 1. The van der Waals surface area contributed by atoms with Gasteiger partial charge in [-0.3, -0.25) is 4.98 Å². The van der Waals surface area contributed by atoms with Crippen molar-refractivity contribution in [2.24, 2.45) is 0 Å². The molecule has 114 valence electrons. The molecule has 6 heteroatoms. The normalized spacial score (nSPS) is 16.0. The second-order valence-corrected chi connectivity index (χ2v) is 5.24. The molecule has 1 aromatic heterocycles. The molecule has 0 unspecified atom stereocenters. The number of halogens is 1. The Morgan fingerprint density at radius 1 is 1.32 bits per heavy atom. The van der Waals surface area contributed by atoms with Crippen molar-refractivity contribution in [3.63, 3.8) is 0 Å². The molecule has 5 nitrogen and oxygen atoms in total. The van der Waals surface area contributed by atoms with Gasteiger partial charge in [-0.1, -0.05) is 30.3 Å². The summed E-state index contributed by atoms with van der Waals surface area (Å²) >= 11 is 0. The zero-order valence-electron chi connectivity index (χ0n) is 12.1. The topological polar surface area (TPSA) is 54.5 Å². The number of carbonyl (C=O) groups is 1. The predicted octanol–water partition coefficient (Wildman–Crippen LogP) is 2.61. The van der Waals surface area contributed by atoms with Crippen LogP contribution in [0.25, 0.3) is 0 Å². The van der Waals surface area contributed by atoms with Gasteiger partial charge in [0, 0.05) is 13.2 Å². The molecular formula is C16H16FN3O2. The summed E-state index contributed by atoms with van der Waals surface area (Å²) in [6, 6.07) is 10.7. The molecule has 0 radical (unpaired) electrons. The third-order valence-corrected chi connectivity index (χ3v) is 3.83. The average Bonchev–Trinajstić information content (AvgIpc) is 2.48. The summed E-state index contributed by atoms with van der Waals surface area (Å²) in [5, 5.41) is 2.63. The van der Waals surface area contributed by atoms with Gasteiger partial charge < -0.3 is 15.0 Å². The first-order chi connectivity index (χ1) is 10.6. The van der Waals surface area contributed by atoms with Crippen LogP contribution in [0.2, 0.25) is 0 Å². The number of pyridine rings is 1. The van der Waals surface area contributed by atoms with E-state index in [4.69, 9.17) is 4.74 Å². The lowest BCUT2D eigenvalue weighted by molar-refractivity contribution is -0.109. The van der Waals surface area contributed by atoms with E-state index in [9.17, 15) is 9.18 Å². The zero-order chi connectivity index (χ0) is 15.6. The lowest BCUT2D eigenvalue weighted by Crippen LogP contribution is -2.63. The maximum atomic E-state index is 13.1. The van der Waals surface area contributed by atoms with Crippen molar-refractivity contribution >= 4 is 11.7 Å². The standard InChI is InChI=1S/C16H16FN3O2/c1-22-16(12-5-3-2-4-6-12)10-20(11-16)15(21)19-14-7-13(17)8-18-9-14/h2-9H,10-11H2,1H3,(H,19,21). The van der Waals surface area contributed by atoms with Gasteiger partial charge in [0.25, 0.3) is 0 Å². The van der Waals surface area contributed by atoms with Crippen LogP contribution in [0.4, 0.5) is 14.9 Å². The number of ether oxygens (including phenoxy) is 1. The van der Waals surface area contributed by atoms with E-state index in [1.807, 2.05) is 30.3 Å². The van der Waals surface area contributed by atoms with Crippen LogP contribution in [0.5, 0.6) is 0 Å². The van der Waals surface area contributed by atoms with Crippen molar-refractivity contribution in [3.05, 3.63) is 60.2 Å². The molecule has 0 atom stereocenters. The van der Waals surface area contributed by atoms with Gasteiger partial charge in [-0.25, -0.2) is 9.18 Å². The Hall–Kier alpha value is -2.47. The van der Waals surface area contributed by atoms with Crippen LogP contribution in [0.1, 0.15) is 5.56 Å². The minimum absolute atomic E-state index is 0.295. The van der Waals surface area contributed by atoms with Crippen molar-refractivity contribution in [1.29, 1.82) is 0 Å². The van der Waals surface area contributed by atoms with Crippen LogP contribution in [0.15, 0.2) is 48.8 Å². The summed E-state index contributed by atoms with van der Waals surface area (Å²) in [5.74, 6) is -0.489. The summed E-state index contributed by atoms with van der Waals surface area (Å²) < 4.78 is 18.7. The Morgan fingerprint density at radius 2 is 2.05 bits per heavy atom. The van der Waals surface area contributed by atoms with Gasteiger partial charge in [-0.2, -0.15) is 0 Å². The second-order valence-electron chi connectivity index (χ2n) is 5.24. The molecule has 0 saturated carbocycles. The lowest BCUT2D eigenvalue weighted by Gasteiger charge is -2.49. The van der Waals surface area contributed by atoms with E-state index in [-0.39, 0.29) is 6.03 Å². The number of benzene rings is 1. The molecular weight excluding hydrogens is 285 g/mol. The second kappa shape index (κ2) is 5.73. The number of hydrogen-bond donors (Lipinski definition) is 1. The number of urea groups is 1. The number of nitrogens with one attached hydrogen (secondary N) is 1. The van der Waals surface area contributed by atoms with E-state index in [2.05, 4.69) is 10.3 Å². The molecule has 0 spiro atoms. The number of amides is 2. The van der Waals surface area contributed by atoms with Gasteiger partial charge in [-0.15, -0.1) is 0 Å². The summed E-state index contributed by atoms with van der Waals surface area (Å²) in [5.41, 5.74) is 0.896. The Morgan fingerprint density at radius 3 is 2.68 bits per heavy atom. The third kappa shape index (κ3) is 2.65. The minimum Gasteiger partial charge on any atom is -0.370 e. The van der Waals surface area contributed by atoms with E-state index < -0.39 is 11.4 Å². The smallest absolute Gasteiger partial charge is 0.322 e. The summed E-state index contributed by atoms with van der Waals surface area (Å²) in [6.45, 7) is 0.893. The molecule has 1 aromatic carbocycles. The molecule has 1 aliphatic rings. The molecule has 1 fully saturated rings. The van der Waals surface area contributed by atoms with Crippen molar-refractivity contribution in [2.45, 2.75) is 5.60 Å².